The molecule has 0 aromatic heterocycles. The number of rotatable bonds is 4. The lowest BCUT2D eigenvalue weighted by Crippen LogP contribution is -2.28. The van der Waals surface area contributed by atoms with Crippen molar-refractivity contribution in [1.82, 2.24) is 0 Å². The van der Waals surface area contributed by atoms with Gasteiger partial charge in [0.2, 0.25) is 11.8 Å². The first-order valence-corrected chi connectivity index (χ1v) is 10.0. The number of amides is 2. The molecule has 0 radical (unpaired) electrons. The maximum atomic E-state index is 12.7. The average molecular weight is 377 g/mol. The normalized spacial score (nSPS) is 19.4. The maximum absolute atomic E-state index is 12.7. The molecule has 2 fully saturated rings. The molecule has 5 heteroatoms. The number of carbonyl (C=O) groups is 2. The lowest BCUT2D eigenvalue weighted by atomic mass is 10.1. The molecule has 2 heterocycles. The number of aryl methyl sites for hydroxylation is 2. The third-order valence-corrected chi connectivity index (χ3v) is 5.76. The topological polar surface area (TPSA) is 52.7 Å². The third-order valence-electron chi connectivity index (χ3n) is 5.76. The van der Waals surface area contributed by atoms with Crippen LogP contribution >= 0.6 is 0 Å². The SMILES string of the molecule is Cc1ccc(C)c(N2CC(C(=O)Nc3ccc(N4CCCC4)cc3)CC2=O)c1. The Labute approximate surface area is 166 Å². The van der Waals surface area contributed by atoms with Crippen molar-refractivity contribution in [3.63, 3.8) is 0 Å². The van der Waals surface area contributed by atoms with Gasteiger partial charge in [0.25, 0.3) is 0 Å². The van der Waals surface area contributed by atoms with Gasteiger partial charge in [0.15, 0.2) is 0 Å². The van der Waals surface area contributed by atoms with Crippen molar-refractivity contribution in [3.8, 4) is 0 Å². The van der Waals surface area contributed by atoms with Crippen molar-refractivity contribution in [2.75, 3.05) is 34.8 Å². The summed E-state index contributed by atoms with van der Waals surface area (Å²) in [6.07, 6.45) is 2.74. The van der Waals surface area contributed by atoms with Crippen LogP contribution in [0.25, 0.3) is 0 Å². The highest BCUT2D eigenvalue weighted by molar-refractivity contribution is 6.03. The summed E-state index contributed by atoms with van der Waals surface area (Å²) in [5.74, 6) is -0.404. The van der Waals surface area contributed by atoms with Gasteiger partial charge in [-0.3, -0.25) is 9.59 Å². The van der Waals surface area contributed by atoms with Gasteiger partial charge in [0.05, 0.1) is 5.92 Å². The van der Waals surface area contributed by atoms with Crippen LogP contribution in [0.4, 0.5) is 17.1 Å². The van der Waals surface area contributed by atoms with Crippen molar-refractivity contribution < 1.29 is 9.59 Å². The van der Waals surface area contributed by atoms with Crippen molar-refractivity contribution in [2.45, 2.75) is 33.1 Å². The molecule has 2 aromatic rings. The summed E-state index contributed by atoms with van der Waals surface area (Å²) in [7, 11) is 0. The number of hydrogen-bond acceptors (Lipinski definition) is 3. The van der Waals surface area contributed by atoms with E-state index >= 15 is 0 Å². The molecule has 2 aliphatic rings. The number of benzene rings is 2. The zero-order valence-corrected chi connectivity index (χ0v) is 16.6. The average Bonchev–Trinajstić information content (AvgIpc) is 3.34. The van der Waals surface area contributed by atoms with E-state index in [0.717, 1.165) is 35.6 Å². The number of hydrogen-bond donors (Lipinski definition) is 1. The zero-order chi connectivity index (χ0) is 19.7. The van der Waals surface area contributed by atoms with E-state index in [4.69, 9.17) is 0 Å². The molecule has 2 aliphatic heterocycles. The zero-order valence-electron chi connectivity index (χ0n) is 16.6. The molecular weight excluding hydrogens is 350 g/mol. The minimum absolute atomic E-state index is 0.0123. The van der Waals surface area contributed by atoms with Gasteiger partial charge < -0.3 is 15.1 Å². The molecule has 2 amide bonds. The van der Waals surface area contributed by atoms with Gasteiger partial charge in [0, 0.05) is 43.1 Å². The first-order chi connectivity index (χ1) is 13.5. The third kappa shape index (κ3) is 3.75. The number of nitrogens with zero attached hydrogens (tertiary/aromatic N) is 2. The van der Waals surface area contributed by atoms with E-state index in [1.807, 2.05) is 44.2 Å². The van der Waals surface area contributed by atoms with Crippen molar-refractivity contribution in [2.24, 2.45) is 5.92 Å². The van der Waals surface area contributed by atoms with Crippen molar-refractivity contribution >= 4 is 28.9 Å². The first-order valence-electron chi connectivity index (χ1n) is 10.0. The summed E-state index contributed by atoms with van der Waals surface area (Å²) in [4.78, 5) is 29.4. The van der Waals surface area contributed by atoms with Crippen LogP contribution < -0.4 is 15.1 Å². The van der Waals surface area contributed by atoms with E-state index < -0.39 is 0 Å². The van der Waals surface area contributed by atoms with Crippen LogP contribution in [-0.4, -0.2) is 31.4 Å². The van der Waals surface area contributed by atoms with Gasteiger partial charge in [-0.15, -0.1) is 0 Å². The van der Waals surface area contributed by atoms with Gasteiger partial charge >= 0.3 is 0 Å². The Morgan fingerprint density at radius 1 is 1.04 bits per heavy atom. The molecule has 1 atom stereocenters. The van der Waals surface area contributed by atoms with Gasteiger partial charge in [-0.1, -0.05) is 12.1 Å². The molecule has 0 saturated carbocycles. The molecule has 1 N–H and O–H groups in total. The molecule has 146 valence electrons. The summed E-state index contributed by atoms with van der Waals surface area (Å²) in [6.45, 7) is 6.64. The van der Waals surface area contributed by atoms with Crippen LogP contribution in [0.3, 0.4) is 0 Å². The number of nitrogens with one attached hydrogen (secondary N) is 1. The Bertz CT molecular complexity index is 885. The van der Waals surface area contributed by atoms with Crippen molar-refractivity contribution in [1.29, 1.82) is 0 Å². The Morgan fingerprint density at radius 2 is 1.75 bits per heavy atom. The predicted molar refractivity (Wildman–Crippen MR) is 113 cm³/mol. The molecule has 0 spiro atoms. The largest absolute Gasteiger partial charge is 0.372 e. The lowest BCUT2D eigenvalue weighted by molar-refractivity contribution is -0.122. The van der Waals surface area contributed by atoms with Crippen molar-refractivity contribution in [3.05, 3.63) is 53.6 Å². The van der Waals surface area contributed by atoms with Gasteiger partial charge in [-0.05, 0) is 68.1 Å². The summed E-state index contributed by atoms with van der Waals surface area (Å²) in [5, 5.41) is 2.98. The quantitative estimate of drug-likeness (QED) is 0.879. The number of anilines is 3. The van der Waals surface area contributed by atoms with Gasteiger partial charge in [0.1, 0.15) is 0 Å². The lowest BCUT2D eigenvalue weighted by Gasteiger charge is -2.20. The van der Waals surface area contributed by atoms with Gasteiger partial charge in [-0.25, -0.2) is 0 Å². The van der Waals surface area contributed by atoms with E-state index in [9.17, 15) is 9.59 Å². The smallest absolute Gasteiger partial charge is 0.229 e. The van der Waals surface area contributed by atoms with Crippen LogP contribution in [0.15, 0.2) is 42.5 Å². The van der Waals surface area contributed by atoms with E-state index in [-0.39, 0.29) is 24.2 Å². The van der Waals surface area contributed by atoms with E-state index in [2.05, 4.69) is 22.3 Å². The second-order valence-electron chi connectivity index (χ2n) is 7.93. The Balaban J connectivity index is 1.41. The second-order valence-corrected chi connectivity index (χ2v) is 7.93. The highest BCUT2D eigenvalue weighted by atomic mass is 16.2. The fourth-order valence-electron chi connectivity index (χ4n) is 4.10. The Hall–Kier alpha value is -2.82. The maximum Gasteiger partial charge on any atom is 0.229 e. The summed E-state index contributed by atoms with van der Waals surface area (Å²) in [5.41, 5.74) is 5.06. The van der Waals surface area contributed by atoms with E-state index in [0.29, 0.717) is 6.54 Å². The van der Waals surface area contributed by atoms with Gasteiger partial charge in [-0.2, -0.15) is 0 Å². The standard InChI is InChI=1S/C23H27N3O2/c1-16-5-6-17(2)21(13-16)26-15-18(14-22(26)27)23(28)24-19-7-9-20(10-8-19)25-11-3-4-12-25/h5-10,13,18H,3-4,11-12,14-15H2,1-2H3,(H,24,28). The van der Waals surface area contributed by atoms with Crippen LogP contribution in [0.1, 0.15) is 30.4 Å². The Kier molecular flexibility index (Phi) is 5.07. The molecule has 2 saturated heterocycles. The first kappa shape index (κ1) is 18.5. The van der Waals surface area contributed by atoms with Crippen LogP contribution in [0.2, 0.25) is 0 Å². The second kappa shape index (κ2) is 7.66. The molecular formula is C23H27N3O2. The molecule has 0 bridgehead atoms. The minimum atomic E-state index is -0.328. The van der Waals surface area contributed by atoms with E-state index in [1.54, 1.807) is 4.90 Å². The number of carbonyl (C=O) groups excluding carboxylic acids is 2. The molecule has 28 heavy (non-hydrogen) atoms. The van der Waals surface area contributed by atoms with Crippen LogP contribution in [0.5, 0.6) is 0 Å². The summed E-state index contributed by atoms with van der Waals surface area (Å²) < 4.78 is 0. The summed E-state index contributed by atoms with van der Waals surface area (Å²) in [6, 6.07) is 14.1. The molecule has 5 nitrogen and oxygen atoms in total. The van der Waals surface area contributed by atoms with E-state index in [1.165, 1.54) is 18.5 Å². The highest BCUT2D eigenvalue weighted by Crippen LogP contribution is 2.30. The van der Waals surface area contributed by atoms with Crippen LogP contribution in [0, 0.1) is 19.8 Å². The minimum Gasteiger partial charge on any atom is -0.372 e. The predicted octanol–water partition coefficient (Wildman–Crippen LogP) is 3.90. The molecule has 4 rings (SSSR count). The fourth-order valence-corrected chi connectivity index (χ4v) is 4.10. The van der Waals surface area contributed by atoms with Crippen LogP contribution in [-0.2, 0) is 9.59 Å². The highest BCUT2D eigenvalue weighted by Gasteiger charge is 2.35. The molecule has 0 aliphatic carbocycles. The summed E-state index contributed by atoms with van der Waals surface area (Å²) >= 11 is 0. The molecule has 1 unspecified atom stereocenters. The fraction of sp³-hybridized carbons (Fsp3) is 0.391. The monoisotopic (exact) mass is 377 g/mol. The molecule has 2 aromatic carbocycles. The Morgan fingerprint density at radius 3 is 2.46 bits per heavy atom.